The molecule has 1 saturated heterocycles. The predicted molar refractivity (Wildman–Crippen MR) is 122 cm³/mol. The highest BCUT2D eigenvalue weighted by Crippen LogP contribution is 2.25. The second-order valence-electron chi connectivity index (χ2n) is 7.16. The average Bonchev–Trinajstić information content (AvgIpc) is 3.31. The van der Waals surface area contributed by atoms with Gasteiger partial charge in [-0.05, 0) is 55.3 Å². The first kappa shape index (κ1) is 21.1. The number of para-hydroxylation sites is 1. The Kier molecular flexibility index (Phi) is 6.11. The van der Waals surface area contributed by atoms with Crippen molar-refractivity contribution < 1.29 is 13.2 Å². The van der Waals surface area contributed by atoms with Crippen LogP contribution in [0.2, 0.25) is 5.02 Å². The molecule has 7 nitrogen and oxygen atoms in total. The number of pyridine rings is 1. The zero-order chi connectivity index (χ0) is 21.8. The molecule has 0 aliphatic carbocycles. The first-order valence-electron chi connectivity index (χ1n) is 9.82. The summed E-state index contributed by atoms with van der Waals surface area (Å²) in [4.78, 5) is 19.1. The lowest BCUT2D eigenvalue weighted by Gasteiger charge is -2.17. The molecule has 0 unspecified atom stereocenters. The van der Waals surface area contributed by atoms with Gasteiger partial charge in [-0.15, -0.1) is 0 Å². The zero-order valence-corrected chi connectivity index (χ0v) is 18.2. The number of halogens is 1. The molecule has 2 aromatic carbocycles. The van der Waals surface area contributed by atoms with E-state index >= 15 is 0 Å². The molecule has 0 radical (unpaired) electrons. The number of rotatable bonds is 6. The summed E-state index contributed by atoms with van der Waals surface area (Å²) in [7, 11) is -3.88. The molecule has 1 fully saturated rings. The molecule has 0 spiro atoms. The molecule has 31 heavy (non-hydrogen) atoms. The number of hydrogen-bond acceptors (Lipinski definition) is 5. The summed E-state index contributed by atoms with van der Waals surface area (Å²) in [5.41, 5.74) is 1.85. The fourth-order valence-electron chi connectivity index (χ4n) is 3.40. The number of aromatic nitrogens is 1. The highest BCUT2D eigenvalue weighted by molar-refractivity contribution is 7.92. The summed E-state index contributed by atoms with van der Waals surface area (Å²) in [6, 6.07) is 16.2. The fraction of sp³-hybridized carbons (Fsp3) is 0.182. The van der Waals surface area contributed by atoms with Crippen LogP contribution in [0.15, 0.2) is 71.8 Å². The Balaban J connectivity index is 1.51. The highest BCUT2D eigenvalue weighted by atomic mass is 35.5. The summed E-state index contributed by atoms with van der Waals surface area (Å²) < 4.78 is 28.0. The van der Waals surface area contributed by atoms with Gasteiger partial charge in [-0.25, -0.2) is 8.42 Å². The van der Waals surface area contributed by atoms with Crippen LogP contribution in [0, 0.1) is 0 Å². The standard InChI is InChI=1S/C22H21ClN4O3S/c23-19-8-1-2-9-20(19)26-31(29,30)18-7-5-6-16(14-18)25-22(28)21-15-17(10-11-24-21)27-12-3-4-13-27/h1-2,5-11,14-15,26H,3-4,12-13H2,(H,25,28). The van der Waals surface area contributed by atoms with Gasteiger partial charge in [0.15, 0.2) is 0 Å². The van der Waals surface area contributed by atoms with Gasteiger partial charge in [0.2, 0.25) is 0 Å². The lowest BCUT2D eigenvalue weighted by Crippen LogP contribution is -2.20. The van der Waals surface area contributed by atoms with Crippen LogP contribution in [-0.4, -0.2) is 32.4 Å². The minimum atomic E-state index is -3.88. The largest absolute Gasteiger partial charge is 0.371 e. The molecule has 1 amide bonds. The van der Waals surface area contributed by atoms with Gasteiger partial charge in [-0.3, -0.25) is 14.5 Å². The number of sulfonamides is 1. The molecular formula is C22H21ClN4O3S. The Morgan fingerprint density at radius 1 is 1.00 bits per heavy atom. The highest BCUT2D eigenvalue weighted by Gasteiger charge is 2.18. The van der Waals surface area contributed by atoms with E-state index in [2.05, 4.69) is 19.9 Å². The number of nitrogens with one attached hydrogen (secondary N) is 2. The number of amides is 1. The Hall–Kier alpha value is -3.10. The average molecular weight is 457 g/mol. The van der Waals surface area contributed by atoms with E-state index in [1.807, 2.05) is 6.07 Å². The SMILES string of the molecule is O=C(Nc1cccc(S(=O)(=O)Nc2ccccc2Cl)c1)c1cc(N2CCCC2)ccn1. The summed E-state index contributed by atoms with van der Waals surface area (Å²) in [6.07, 6.45) is 3.87. The van der Waals surface area contributed by atoms with Gasteiger partial charge in [-0.1, -0.05) is 29.8 Å². The second-order valence-corrected chi connectivity index (χ2v) is 9.25. The predicted octanol–water partition coefficient (Wildman–Crippen LogP) is 4.39. The van der Waals surface area contributed by atoms with Crippen LogP contribution in [0.25, 0.3) is 0 Å². The number of carbonyl (C=O) groups is 1. The van der Waals surface area contributed by atoms with Gasteiger partial charge in [0.1, 0.15) is 5.69 Å². The first-order chi connectivity index (χ1) is 14.9. The van der Waals surface area contributed by atoms with Gasteiger partial charge < -0.3 is 10.2 Å². The van der Waals surface area contributed by atoms with Gasteiger partial charge >= 0.3 is 0 Å². The lowest BCUT2D eigenvalue weighted by atomic mass is 10.2. The van der Waals surface area contributed by atoms with E-state index in [0.717, 1.165) is 31.6 Å². The molecule has 1 aliphatic heterocycles. The van der Waals surface area contributed by atoms with Crippen LogP contribution in [0.5, 0.6) is 0 Å². The fourth-order valence-corrected chi connectivity index (χ4v) is 4.76. The van der Waals surface area contributed by atoms with Gasteiger partial charge in [-0.2, -0.15) is 0 Å². The topological polar surface area (TPSA) is 91.4 Å². The van der Waals surface area contributed by atoms with Crippen molar-refractivity contribution >= 4 is 44.6 Å². The van der Waals surface area contributed by atoms with Crippen molar-refractivity contribution in [1.29, 1.82) is 0 Å². The smallest absolute Gasteiger partial charge is 0.274 e. The number of nitrogens with zero attached hydrogens (tertiary/aromatic N) is 2. The van der Waals surface area contributed by atoms with E-state index < -0.39 is 15.9 Å². The molecule has 160 valence electrons. The number of anilines is 3. The van der Waals surface area contributed by atoms with Crippen molar-refractivity contribution in [3.63, 3.8) is 0 Å². The van der Waals surface area contributed by atoms with E-state index in [1.54, 1.807) is 48.7 Å². The third-order valence-electron chi connectivity index (χ3n) is 4.97. The molecule has 4 rings (SSSR count). The summed E-state index contributed by atoms with van der Waals surface area (Å²) in [6.45, 7) is 1.92. The Bertz CT molecular complexity index is 1210. The minimum Gasteiger partial charge on any atom is -0.371 e. The molecule has 0 atom stereocenters. The summed E-state index contributed by atoms with van der Waals surface area (Å²) in [5, 5.41) is 3.02. The third-order valence-corrected chi connectivity index (χ3v) is 6.66. The summed E-state index contributed by atoms with van der Waals surface area (Å²) >= 11 is 6.05. The lowest BCUT2D eigenvalue weighted by molar-refractivity contribution is 0.102. The maximum Gasteiger partial charge on any atom is 0.274 e. The Morgan fingerprint density at radius 2 is 1.77 bits per heavy atom. The van der Waals surface area contributed by atoms with Gasteiger partial charge in [0.25, 0.3) is 15.9 Å². The van der Waals surface area contributed by atoms with E-state index in [-0.39, 0.29) is 16.3 Å². The van der Waals surface area contributed by atoms with Crippen molar-refractivity contribution in [2.45, 2.75) is 17.7 Å². The van der Waals surface area contributed by atoms with Crippen LogP contribution < -0.4 is 14.9 Å². The number of benzene rings is 2. The molecule has 3 aromatic rings. The van der Waals surface area contributed by atoms with Crippen molar-refractivity contribution in [3.8, 4) is 0 Å². The normalized spacial score (nSPS) is 13.8. The van der Waals surface area contributed by atoms with Crippen LogP contribution in [0.1, 0.15) is 23.3 Å². The van der Waals surface area contributed by atoms with E-state index in [4.69, 9.17) is 11.6 Å². The number of hydrogen-bond donors (Lipinski definition) is 2. The van der Waals surface area contributed by atoms with Crippen molar-refractivity contribution in [2.24, 2.45) is 0 Å². The van der Waals surface area contributed by atoms with Crippen LogP contribution in [0.4, 0.5) is 17.1 Å². The monoisotopic (exact) mass is 456 g/mol. The van der Waals surface area contributed by atoms with Crippen LogP contribution in [0.3, 0.4) is 0 Å². The Morgan fingerprint density at radius 3 is 2.55 bits per heavy atom. The van der Waals surface area contributed by atoms with E-state index in [9.17, 15) is 13.2 Å². The third kappa shape index (κ3) is 4.98. The second kappa shape index (κ2) is 8.95. The quantitative estimate of drug-likeness (QED) is 0.574. The molecule has 0 saturated carbocycles. The van der Waals surface area contributed by atoms with E-state index in [0.29, 0.717) is 10.7 Å². The van der Waals surface area contributed by atoms with Crippen LogP contribution in [-0.2, 0) is 10.0 Å². The van der Waals surface area contributed by atoms with Crippen molar-refractivity contribution in [3.05, 3.63) is 77.6 Å². The summed E-state index contributed by atoms with van der Waals surface area (Å²) in [5.74, 6) is -0.408. The van der Waals surface area contributed by atoms with E-state index in [1.165, 1.54) is 12.1 Å². The number of carbonyl (C=O) groups excluding carboxylic acids is 1. The molecule has 1 aliphatic rings. The molecule has 2 heterocycles. The van der Waals surface area contributed by atoms with Crippen LogP contribution >= 0.6 is 11.6 Å². The maximum atomic E-state index is 12.8. The minimum absolute atomic E-state index is 0.00370. The molecule has 2 N–H and O–H groups in total. The maximum absolute atomic E-state index is 12.8. The molecule has 0 bridgehead atoms. The van der Waals surface area contributed by atoms with Gasteiger partial charge in [0.05, 0.1) is 15.6 Å². The molecule has 1 aromatic heterocycles. The van der Waals surface area contributed by atoms with Crippen molar-refractivity contribution in [2.75, 3.05) is 28.0 Å². The van der Waals surface area contributed by atoms with Gasteiger partial charge in [0, 0.05) is 30.7 Å². The first-order valence-corrected chi connectivity index (χ1v) is 11.7. The van der Waals surface area contributed by atoms with Crippen molar-refractivity contribution in [1.82, 2.24) is 4.98 Å². The molecular weight excluding hydrogens is 436 g/mol. The molecule has 9 heteroatoms. The Labute approximate surface area is 186 Å². The zero-order valence-electron chi connectivity index (χ0n) is 16.6.